The number of thioether (sulfide) groups is 1. The van der Waals surface area contributed by atoms with E-state index < -0.39 is 5.91 Å². The van der Waals surface area contributed by atoms with Crippen LogP contribution in [-0.2, 0) is 11.3 Å². The number of phenols is 1. The molecule has 9 heteroatoms. The van der Waals surface area contributed by atoms with Crippen molar-refractivity contribution in [1.29, 1.82) is 0 Å². The maximum Gasteiger partial charge on any atom is 0.293 e. The molecule has 4 rings (SSSR count). The van der Waals surface area contributed by atoms with Gasteiger partial charge in [-0.3, -0.25) is 14.5 Å². The van der Waals surface area contributed by atoms with Gasteiger partial charge in [-0.05, 0) is 101 Å². The van der Waals surface area contributed by atoms with E-state index in [4.69, 9.17) is 11.6 Å². The van der Waals surface area contributed by atoms with Crippen molar-refractivity contribution in [2.45, 2.75) is 13.5 Å². The summed E-state index contributed by atoms with van der Waals surface area (Å²) >= 11 is 9.16. The van der Waals surface area contributed by atoms with E-state index in [0.29, 0.717) is 22.0 Å². The van der Waals surface area contributed by atoms with Crippen LogP contribution in [0.25, 0.3) is 6.08 Å². The van der Waals surface area contributed by atoms with Gasteiger partial charge in [0.1, 0.15) is 5.75 Å². The lowest BCUT2D eigenvalue weighted by atomic mass is 10.1. The van der Waals surface area contributed by atoms with Gasteiger partial charge < -0.3 is 5.11 Å². The van der Waals surface area contributed by atoms with Crippen LogP contribution in [0.2, 0.25) is 5.02 Å². The third-order valence-electron chi connectivity index (χ3n) is 4.86. The fourth-order valence-corrected chi connectivity index (χ4v) is 4.39. The highest BCUT2D eigenvalue weighted by molar-refractivity contribution is 14.1. The number of halogens is 2. The van der Waals surface area contributed by atoms with Crippen molar-refractivity contribution in [2.75, 3.05) is 0 Å². The first-order valence-corrected chi connectivity index (χ1v) is 12.1. The number of aromatic hydroxyl groups is 1. The van der Waals surface area contributed by atoms with E-state index in [1.54, 1.807) is 24.3 Å². The Morgan fingerprint density at radius 1 is 1.03 bits per heavy atom. The summed E-state index contributed by atoms with van der Waals surface area (Å²) in [7, 11) is 0. The van der Waals surface area contributed by atoms with E-state index in [9.17, 15) is 14.7 Å². The highest BCUT2D eigenvalue weighted by Crippen LogP contribution is 2.36. The molecule has 0 bridgehead atoms. The molecule has 1 N–H and O–H groups in total. The number of amides is 2. The summed E-state index contributed by atoms with van der Waals surface area (Å²) in [6.45, 7) is 2.09. The topological polar surface area (TPSA) is 82.3 Å². The van der Waals surface area contributed by atoms with Gasteiger partial charge in [0.2, 0.25) is 0 Å². The minimum Gasteiger partial charge on any atom is -0.507 e. The van der Waals surface area contributed by atoms with E-state index in [1.807, 2.05) is 37.3 Å². The van der Waals surface area contributed by atoms with Crippen molar-refractivity contribution in [1.82, 2.24) is 4.90 Å². The Balaban J connectivity index is 1.55. The van der Waals surface area contributed by atoms with Crippen molar-refractivity contribution >= 4 is 74.6 Å². The van der Waals surface area contributed by atoms with Crippen LogP contribution < -0.4 is 0 Å². The molecule has 1 saturated heterocycles. The molecule has 0 aliphatic carbocycles. The van der Waals surface area contributed by atoms with Crippen molar-refractivity contribution in [2.24, 2.45) is 10.2 Å². The monoisotopic (exact) mass is 589 g/mol. The molecule has 0 radical (unpaired) electrons. The van der Waals surface area contributed by atoms with Gasteiger partial charge in [-0.1, -0.05) is 29.8 Å². The van der Waals surface area contributed by atoms with Crippen LogP contribution in [0, 0.1) is 10.5 Å². The Kier molecular flexibility index (Phi) is 7.16. The first-order chi connectivity index (χ1) is 15.8. The predicted octanol–water partition coefficient (Wildman–Crippen LogP) is 7.61. The first-order valence-electron chi connectivity index (χ1n) is 9.81. The Hall–Kier alpha value is -2.69. The van der Waals surface area contributed by atoms with Gasteiger partial charge in [-0.2, -0.15) is 10.2 Å². The quantitative estimate of drug-likeness (QED) is 0.189. The van der Waals surface area contributed by atoms with Gasteiger partial charge in [0.25, 0.3) is 11.1 Å². The number of carbonyl (C=O) groups excluding carboxylic acids is 2. The molecule has 3 aromatic carbocycles. The molecule has 0 atom stereocenters. The number of carbonyl (C=O) groups is 2. The third kappa shape index (κ3) is 5.63. The number of imide groups is 1. The van der Waals surface area contributed by atoms with Gasteiger partial charge in [-0.15, -0.1) is 0 Å². The number of azo groups is 1. The van der Waals surface area contributed by atoms with E-state index in [2.05, 4.69) is 32.8 Å². The van der Waals surface area contributed by atoms with E-state index in [0.717, 1.165) is 26.5 Å². The van der Waals surface area contributed by atoms with Crippen molar-refractivity contribution in [3.63, 3.8) is 0 Å². The second-order valence-corrected chi connectivity index (χ2v) is 9.92. The summed E-state index contributed by atoms with van der Waals surface area (Å²) in [6, 6.07) is 17.7. The molecule has 1 aliphatic rings. The molecule has 1 heterocycles. The molecule has 33 heavy (non-hydrogen) atoms. The van der Waals surface area contributed by atoms with Crippen molar-refractivity contribution in [3.8, 4) is 5.75 Å². The SMILES string of the molecule is Cc1ccc(N=Nc2ccc(O)c(/C=C3\SC(=O)N(Cc4ccc(I)cc4)C3=O)c2)cc1Cl. The predicted molar refractivity (Wildman–Crippen MR) is 139 cm³/mol. The average Bonchev–Trinajstić information content (AvgIpc) is 3.05. The first kappa shape index (κ1) is 23.5. The van der Waals surface area contributed by atoms with Gasteiger partial charge in [0.05, 0.1) is 22.8 Å². The Morgan fingerprint density at radius 2 is 1.70 bits per heavy atom. The molecule has 166 valence electrons. The van der Waals surface area contributed by atoms with Crippen LogP contribution >= 0.6 is 46.0 Å². The average molecular weight is 590 g/mol. The molecular formula is C24H17ClIN3O3S. The zero-order valence-corrected chi connectivity index (χ0v) is 21.1. The molecule has 1 fully saturated rings. The Labute approximate surface area is 213 Å². The summed E-state index contributed by atoms with van der Waals surface area (Å²) in [5, 5.41) is 18.9. The van der Waals surface area contributed by atoms with E-state index in [1.165, 1.54) is 17.0 Å². The maximum absolute atomic E-state index is 12.8. The summed E-state index contributed by atoms with van der Waals surface area (Å²) in [6.07, 6.45) is 1.50. The number of hydrogen-bond acceptors (Lipinski definition) is 6. The van der Waals surface area contributed by atoms with Gasteiger partial charge in [0, 0.05) is 14.2 Å². The zero-order chi connectivity index (χ0) is 23.5. The summed E-state index contributed by atoms with van der Waals surface area (Å²) in [4.78, 5) is 26.7. The van der Waals surface area contributed by atoms with Crippen molar-refractivity contribution in [3.05, 3.63) is 90.9 Å². The standard InChI is InChI=1S/C24H17ClIN3O3S/c1-14-2-7-19(12-20(14)25)28-27-18-8-9-21(30)16(10-18)11-22-23(31)29(24(32)33-22)13-15-3-5-17(26)6-4-15/h2-12,30H,13H2,1H3/b22-11-,28-27?. The number of aryl methyl sites for hydroxylation is 1. The molecule has 0 saturated carbocycles. The molecule has 1 aliphatic heterocycles. The highest BCUT2D eigenvalue weighted by Gasteiger charge is 2.35. The third-order valence-corrected chi connectivity index (χ3v) is 6.90. The summed E-state index contributed by atoms with van der Waals surface area (Å²) in [5.41, 5.74) is 3.25. The smallest absolute Gasteiger partial charge is 0.293 e. The number of nitrogens with zero attached hydrogens (tertiary/aromatic N) is 3. The van der Waals surface area contributed by atoms with Crippen LogP contribution in [-0.4, -0.2) is 21.2 Å². The normalized spacial score (nSPS) is 15.2. The Bertz CT molecular complexity index is 1310. The van der Waals surface area contributed by atoms with Crippen LogP contribution in [0.3, 0.4) is 0 Å². The molecule has 0 spiro atoms. The molecule has 2 amide bonds. The van der Waals surface area contributed by atoms with Crippen molar-refractivity contribution < 1.29 is 14.7 Å². The molecule has 0 aromatic heterocycles. The fraction of sp³-hybridized carbons (Fsp3) is 0.0833. The molecule has 0 unspecified atom stereocenters. The second-order valence-electron chi connectivity index (χ2n) is 7.27. The van der Waals surface area contributed by atoms with Gasteiger partial charge in [-0.25, -0.2) is 0 Å². The zero-order valence-electron chi connectivity index (χ0n) is 17.3. The summed E-state index contributed by atoms with van der Waals surface area (Å²) in [5.74, 6) is -0.430. The second kappa shape index (κ2) is 10.1. The minimum absolute atomic E-state index is 0.0308. The van der Waals surface area contributed by atoms with E-state index >= 15 is 0 Å². The number of benzene rings is 3. The lowest BCUT2D eigenvalue weighted by molar-refractivity contribution is -0.123. The van der Waals surface area contributed by atoms with Gasteiger partial charge >= 0.3 is 0 Å². The molecular weight excluding hydrogens is 573 g/mol. The van der Waals surface area contributed by atoms with Crippen LogP contribution in [0.1, 0.15) is 16.7 Å². The highest BCUT2D eigenvalue weighted by atomic mass is 127. The van der Waals surface area contributed by atoms with Crippen LogP contribution in [0.4, 0.5) is 16.2 Å². The van der Waals surface area contributed by atoms with E-state index in [-0.39, 0.29) is 22.4 Å². The van der Waals surface area contributed by atoms with Crippen LogP contribution in [0.5, 0.6) is 5.75 Å². The lowest BCUT2D eigenvalue weighted by Gasteiger charge is -2.12. The Morgan fingerprint density at radius 3 is 2.39 bits per heavy atom. The molecule has 3 aromatic rings. The maximum atomic E-state index is 12.8. The molecule has 6 nitrogen and oxygen atoms in total. The summed E-state index contributed by atoms with van der Waals surface area (Å²) < 4.78 is 1.07. The lowest BCUT2D eigenvalue weighted by Crippen LogP contribution is -2.27. The largest absolute Gasteiger partial charge is 0.507 e. The number of phenolic OH excluding ortho intramolecular Hbond substituents is 1. The number of hydrogen-bond donors (Lipinski definition) is 1. The minimum atomic E-state index is -0.399. The fourth-order valence-electron chi connectivity index (χ4n) is 3.03. The van der Waals surface area contributed by atoms with Gasteiger partial charge in [0.15, 0.2) is 0 Å². The number of rotatable bonds is 5. The van der Waals surface area contributed by atoms with Crippen LogP contribution in [0.15, 0.2) is 75.8 Å².